The molecule has 0 bridgehead atoms. The highest BCUT2D eigenvalue weighted by Crippen LogP contribution is 2.44. The Kier molecular flexibility index (Phi) is 4.22. The molecular formula is C23H24ClN3O. The second-order valence-electron chi connectivity index (χ2n) is 7.96. The molecule has 0 spiro atoms. The summed E-state index contributed by atoms with van der Waals surface area (Å²) < 4.78 is 8.41. The van der Waals surface area contributed by atoms with Crippen LogP contribution in [0.15, 0.2) is 36.4 Å². The van der Waals surface area contributed by atoms with E-state index in [0.717, 1.165) is 62.0 Å². The van der Waals surface area contributed by atoms with Gasteiger partial charge >= 0.3 is 0 Å². The number of hydrogen-bond donors (Lipinski definition) is 1. The smallest absolute Gasteiger partial charge is 0.142 e. The average molecular weight is 394 g/mol. The molecule has 1 aliphatic rings. The maximum absolute atomic E-state index is 6.40. The SMILES string of the molecule is Cc1nc2c(c3cc(Cl)ccc3n2CC2CC2C)c2c(OCCN)cccc12. The van der Waals surface area contributed by atoms with Crippen molar-refractivity contribution < 1.29 is 4.74 Å². The number of nitrogens with zero attached hydrogens (tertiary/aromatic N) is 2. The third-order valence-electron chi connectivity index (χ3n) is 6.01. The average Bonchev–Trinajstić information content (AvgIpc) is 3.30. The van der Waals surface area contributed by atoms with E-state index in [1.807, 2.05) is 18.2 Å². The first-order chi connectivity index (χ1) is 13.6. The number of halogens is 1. The molecule has 2 heterocycles. The van der Waals surface area contributed by atoms with Crippen molar-refractivity contribution >= 4 is 44.3 Å². The van der Waals surface area contributed by atoms with Gasteiger partial charge in [0, 0.05) is 45.4 Å². The van der Waals surface area contributed by atoms with Crippen molar-refractivity contribution in [3.63, 3.8) is 0 Å². The number of aromatic nitrogens is 2. The fourth-order valence-corrected chi connectivity index (χ4v) is 4.52. The van der Waals surface area contributed by atoms with Crippen LogP contribution in [0.4, 0.5) is 0 Å². The van der Waals surface area contributed by atoms with Gasteiger partial charge in [-0.2, -0.15) is 0 Å². The molecule has 28 heavy (non-hydrogen) atoms. The van der Waals surface area contributed by atoms with E-state index in [4.69, 9.17) is 27.1 Å². The van der Waals surface area contributed by atoms with Crippen LogP contribution >= 0.6 is 11.6 Å². The summed E-state index contributed by atoms with van der Waals surface area (Å²) >= 11 is 6.40. The highest BCUT2D eigenvalue weighted by molar-refractivity contribution is 6.32. The number of pyridine rings is 1. The highest BCUT2D eigenvalue weighted by Gasteiger charge is 2.34. The summed E-state index contributed by atoms with van der Waals surface area (Å²) in [5.74, 6) is 2.36. The van der Waals surface area contributed by atoms with Crippen molar-refractivity contribution in [1.29, 1.82) is 0 Å². The molecule has 1 aliphatic carbocycles. The molecule has 2 unspecified atom stereocenters. The van der Waals surface area contributed by atoms with E-state index in [-0.39, 0.29) is 0 Å². The first-order valence-corrected chi connectivity index (χ1v) is 10.3. The molecule has 0 radical (unpaired) electrons. The molecule has 5 heteroatoms. The van der Waals surface area contributed by atoms with Crippen molar-refractivity contribution in [2.24, 2.45) is 17.6 Å². The Bertz CT molecular complexity index is 1210. The molecule has 4 nitrogen and oxygen atoms in total. The molecular weight excluding hydrogens is 370 g/mol. The van der Waals surface area contributed by atoms with Gasteiger partial charge in [0.1, 0.15) is 18.0 Å². The van der Waals surface area contributed by atoms with Crippen LogP contribution in [-0.4, -0.2) is 22.7 Å². The van der Waals surface area contributed by atoms with Crippen molar-refractivity contribution in [2.75, 3.05) is 13.2 Å². The Morgan fingerprint density at radius 2 is 2.04 bits per heavy atom. The maximum atomic E-state index is 6.40. The van der Waals surface area contributed by atoms with E-state index >= 15 is 0 Å². The summed E-state index contributed by atoms with van der Waals surface area (Å²) in [5.41, 5.74) is 8.91. The highest BCUT2D eigenvalue weighted by atomic mass is 35.5. The fourth-order valence-electron chi connectivity index (χ4n) is 4.35. The number of benzene rings is 2. The molecule has 5 rings (SSSR count). The Labute approximate surface area is 169 Å². The molecule has 1 fully saturated rings. The van der Waals surface area contributed by atoms with Crippen LogP contribution in [0.2, 0.25) is 5.02 Å². The van der Waals surface area contributed by atoms with E-state index in [0.29, 0.717) is 13.2 Å². The number of rotatable bonds is 5. The summed E-state index contributed by atoms with van der Waals surface area (Å²) in [6.07, 6.45) is 1.28. The number of aryl methyl sites for hydroxylation is 1. The number of fused-ring (bicyclic) bond motifs is 5. The topological polar surface area (TPSA) is 53.1 Å². The van der Waals surface area contributed by atoms with E-state index in [1.165, 1.54) is 11.9 Å². The van der Waals surface area contributed by atoms with Gasteiger partial charge in [-0.05, 0) is 49.4 Å². The summed E-state index contributed by atoms with van der Waals surface area (Å²) in [7, 11) is 0. The van der Waals surface area contributed by atoms with Crippen molar-refractivity contribution in [1.82, 2.24) is 9.55 Å². The minimum atomic E-state index is 0.483. The molecule has 2 aromatic carbocycles. The zero-order chi connectivity index (χ0) is 19.4. The fraction of sp³-hybridized carbons (Fsp3) is 0.348. The van der Waals surface area contributed by atoms with Crippen LogP contribution in [0.5, 0.6) is 5.75 Å². The van der Waals surface area contributed by atoms with Gasteiger partial charge in [0.25, 0.3) is 0 Å². The summed E-state index contributed by atoms with van der Waals surface area (Å²) in [4.78, 5) is 5.04. The third kappa shape index (κ3) is 2.75. The van der Waals surface area contributed by atoms with Gasteiger partial charge in [0.05, 0.1) is 5.52 Å². The van der Waals surface area contributed by atoms with Crippen molar-refractivity contribution in [2.45, 2.75) is 26.8 Å². The van der Waals surface area contributed by atoms with Crippen LogP contribution in [-0.2, 0) is 6.54 Å². The van der Waals surface area contributed by atoms with Crippen molar-refractivity contribution in [3.8, 4) is 5.75 Å². The maximum Gasteiger partial charge on any atom is 0.142 e. The predicted molar refractivity (Wildman–Crippen MR) is 116 cm³/mol. The van der Waals surface area contributed by atoms with Crippen LogP contribution in [0, 0.1) is 18.8 Å². The minimum Gasteiger partial charge on any atom is -0.492 e. The van der Waals surface area contributed by atoms with Gasteiger partial charge in [-0.3, -0.25) is 0 Å². The molecule has 2 aromatic heterocycles. The normalized spacial score (nSPS) is 19.0. The minimum absolute atomic E-state index is 0.483. The molecule has 0 amide bonds. The molecule has 144 valence electrons. The van der Waals surface area contributed by atoms with Crippen LogP contribution < -0.4 is 10.5 Å². The van der Waals surface area contributed by atoms with Gasteiger partial charge in [-0.15, -0.1) is 0 Å². The zero-order valence-corrected chi connectivity index (χ0v) is 17.0. The first kappa shape index (κ1) is 17.8. The molecule has 4 aromatic rings. The van der Waals surface area contributed by atoms with Crippen molar-refractivity contribution in [3.05, 3.63) is 47.1 Å². The van der Waals surface area contributed by atoms with E-state index in [2.05, 4.69) is 36.6 Å². The monoisotopic (exact) mass is 393 g/mol. The lowest BCUT2D eigenvalue weighted by Gasteiger charge is -2.12. The summed E-state index contributed by atoms with van der Waals surface area (Å²) in [6, 6.07) is 12.3. The lowest BCUT2D eigenvalue weighted by atomic mass is 10.0. The Morgan fingerprint density at radius 1 is 1.21 bits per heavy atom. The quantitative estimate of drug-likeness (QED) is 0.500. The lowest BCUT2D eigenvalue weighted by molar-refractivity contribution is 0.332. The second-order valence-corrected chi connectivity index (χ2v) is 8.39. The first-order valence-electron chi connectivity index (χ1n) is 9.92. The molecule has 2 atom stereocenters. The summed E-state index contributed by atoms with van der Waals surface area (Å²) in [6.45, 7) is 6.36. The van der Waals surface area contributed by atoms with Crippen LogP contribution in [0.1, 0.15) is 19.0 Å². The molecule has 0 aliphatic heterocycles. The number of ether oxygens (including phenoxy) is 1. The Hall–Kier alpha value is -2.30. The largest absolute Gasteiger partial charge is 0.492 e. The molecule has 1 saturated carbocycles. The second kappa shape index (κ2) is 6.64. The van der Waals surface area contributed by atoms with E-state index in [9.17, 15) is 0 Å². The standard InChI is InChI=1S/C23H24ClN3O/c1-13-10-15(13)12-27-19-7-6-16(24)11-18(19)22-21-17(14(2)26-23(22)27)4-3-5-20(21)28-9-8-25/h3-7,11,13,15H,8-10,12,25H2,1-2H3. The van der Waals surface area contributed by atoms with E-state index < -0.39 is 0 Å². The van der Waals surface area contributed by atoms with Gasteiger partial charge < -0.3 is 15.0 Å². The number of hydrogen-bond acceptors (Lipinski definition) is 3. The summed E-state index contributed by atoms with van der Waals surface area (Å²) in [5, 5.41) is 5.21. The van der Waals surface area contributed by atoms with E-state index in [1.54, 1.807) is 0 Å². The Morgan fingerprint density at radius 3 is 2.79 bits per heavy atom. The van der Waals surface area contributed by atoms with Gasteiger partial charge in [0.2, 0.25) is 0 Å². The molecule has 2 N–H and O–H groups in total. The van der Waals surface area contributed by atoms with Crippen LogP contribution in [0.3, 0.4) is 0 Å². The predicted octanol–water partition coefficient (Wildman–Crippen LogP) is 5.30. The van der Waals surface area contributed by atoms with Gasteiger partial charge in [-0.1, -0.05) is 30.7 Å². The molecule has 0 saturated heterocycles. The van der Waals surface area contributed by atoms with Crippen LogP contribution in [0.25, 0.3) is 32.7 Å². The van der Waals surface area contributed by atoms with Gasteiger partial charge in [-0.25, -0.2) is 4.98 Å². The third-order valence-corrected chi connectivity index (χ3v) is 6.24. The Balaban J connectivity index is 1.90. The zero-order valence-electron chi connectivity index (χ0n) is 16.2. The number of nitrogens with two attached hydrogens (primary N) is 1. The lowest BCUT2D eigenvalue weighted by Crippen LogP contribution is -2.10. The van der Waals surface area contributed by atoms with Gasteiger partial charge in [0.15, 0.2) is 0 Å².